The Kier molecular flexibility index (Phi) is 5.17. The maximum atomic E-state index is 13.0. The van der Waals surface area contributed by atoms with Crippen molar-refractivity contribution in [3.05, 3.63) is 30.1 Å². The van der Waals surface area contributed by atoms with E-state index in [1.807, 2.05) is 14.0 Å². The Labute approximate surface area is 166 Å². The third kappa shape index (κ3) is 4.07. The molecule has 3 N–H and O–H groups in total. The van der Waals surface area contributed by atoms with Crippen LogP contribution < -0.4 is 15.5 Å². The molecule has 152 valence electrons. The van der Waals surface area contributed by atoms with Crippen LogP contribution in [-0.4, -0.2) is 37.0 Å². The van der Waals surface area contributed by atoms with Gasteiger partial charge in [0.2, 0.25) is 0 Å². The zero-order chi connectivity index (χ0) is 19.9. The SMILES string of the molecule is C[C@@H](C(=O)NC12CC3CC(CC(C3)C1)C2)[NH+](C)CC(=O)Nc1ccc(F)cc1. The molecule has 5 nitrogen and oxygen atoms in total. The monoisotopic (exact) mass is 388 g/mol. The molecule has 4 bridgehead atoms. The van der Waals surface area contributed by atoms with E-state index >= 15 is 0 Å². The van der Waals surface area contributed by atoms with Gasteiger partial charge in [0.05, 0.1) is 7.05 Å². The number of anilines is 1. The largest absolute Gasteiger partial charge is 0.345 e. The second-order valence-electron chi connectivity index (χ2n) is 9.49. The van der Waals surface area contributed by atoms with Gasteiger partial charge in [-0.1, -0.05) is 0 Å². The van der Waals surface area contributed by atoms with Gasteiger partial charge < -0.3 is 15.5 Å². The lowest BCUT2D eigenvalue weighted by Crippen LogP contribution is -3.15. The van der Waals surface area contributed by atoms with Gasteiger partial charge in [-0.15, -0.1) is 0 Å². The van der Waals surface area contributed by atoms with E-state index in [1.165, 1.54) is 43.5 Å². The van der Waals surface area contributed by atoms with E-state index in [4.69, 9.17) is 0 Å². The zero-order valence-electron chi connectivity index (χ0n) is 16.8. The van der Waals surface area contributed by atoms with Crippen molar-refractivity contribution < 1.29 is 18.9 Å². The lowest BCUT2D eigenvalue weighted by Gasteiger charge is -2.57. The summed E-state index contributed by atoms with van der Waals surface area (Å²) < 4.78 is 13.0. The molecule has 4 saturated carbocycles. The van der Waals surface area contributed by atoms with E-state index in [2.05, 4.69) is 10.6 Å². The first-order chi connectivity index (χ1) is 13.3. The average molecular weight is 389 g/mol. The molecule has 4 fully saturated rings. The van der Waals surface area contributed by atoms with Gasteiger partial charge in [-0.25, -0.2) is 4.39 Å². The number of carbonyl (C=O) groups excluding carboxylic acids is 2. The summed E-state index contributed by atoms with van der Waals surface area (Å²) in [6.45, 7) is 2.07. The molecule has 0 radical (unpaired) electrons. The Hall–Kier alpha value is -1.95. The molecular formula is C22H31FN3O2+. The number of halogens is 1. The molecule has 2 atom stereocenters. The molecule has 0 heterocycles. The molecule has 1 aromatic rings. The predicted octanol–water partition coefficient (Wildman–Crippen LogP) is 1.75. The van der Waals surface area contributed by atoms with Crippen LogP contribution in [-0.2, 0) is 9.59 Å². The van der Waals surface area contributed by atoms with Gasteiger partial charge in [0, 0.05) is 11.2 Å². The molecule has 6 heteroatoms. The first-order valence-electron chi connectivity index (χ1n) is 10.5. The summed E-state index contributed by atoms with van der Waals surface area (Å²) >= 11 is 0. The number of carbonyl (C=O) groups is 2. The van der Waals surface area contributed by atoms with Crippen LogP contribution in [0, 0.1) is 23.6 Å². The summed E-state index contributed by atoms with van der Waals surface area (Å²) in [7, 11) is 1.87. The lowest BCUT2D eigenvalue weighted by molar-refractivity contribution is -0.885. The van der Waals surface area contributed by atoms with E-state index in [0.717, 1.165) is 41.9 Å². The van der Waals surface area contributed by atoms with E-state index in [0.29, 0.717) is 5.69 Å². The number of hydrogen-bond acceptors (Lipinski definition) is 2. The Morgan fingerprint density at radius 3 is 2.18 bits per heavy atom. The van der Waals surface area contributed by atoms with Crippen LogP contribution in [0.25, 0.3) is 0 Å². The number of hydrogen-bond donors (Lipinski definition) is 3. The highest BCUT2D eigenvalue weighted by molar-refractivity contribution is 5.91. The first kappa shape index (κ1) is 19.4. The molecule has 0 spiro atoms. The summed E-state index contributed by atoms with van der Waals surface area (Å²) in [6.07, 6.45) is 7.42. The van der Waals surface area contributed by atoms with Gasteiger partial charge in [0.1, 0.15) is 5.82 Å². The molecule has 4 aliphatic carbocycles. The van der Waals surface area contributed by atoms with E-state index in [9.17, 15) is 14.0 Å². The topological polar surface area (TPSA) is 62.6 Å². The molecular weight excluding hydrogens is 357 g/mol. The smallest absolute Gasteiger partial charge is 0.279 e. The summed E-state index contributed by atoms with van der Waals surface area (Å²) in [6, 6.07) is 5.39. The summed E-state index contributed by atoms with van der Waals surface area (Å²) in [5, 5.41) is 6.16. The normalized spacial score (nSPS) is 32.6. The minimum Gasteiger partial charge on any atom is -0.345 e. The number of likely N-dealkylation sites (N-methyl/N-ethyl adjacent to an activating group) is 1. The lowest BCUT2D eigenvalue weighted by atomic mass is 9.53. The molecule has 0 aliphatic heterocycles. The van der Waals surface area contributed by atoms with Crippen molar-refractivity contribution in [2.45, 2.75) is 57.0 Å². The van der Waals surface area contributed by atoms with Crippen LogP contribution in [0.5, 0.6) is 0 Å². The third-order valence-electron chi connectivity index (χ3n) is 7.13. The van der Waals surface area contributed by atoms with Gasteiger partial charge in [-0.05, 0) is 87.5 Å². The molecule has 2 amide bonds. The van der Waals surface area contributed by atoms with Gasteiger partial charge in [0.25, 0.3) is 11.8 Å². The summed E-state index contributed by atoms with van der Waals surface area (Å²) in [4.78, 5) is 26.1. The number of rotatable bonds is 6. The highest BCUT2D eigenvalue weighted by Gasteiger charge is 2.52. The maximum absolute atomic E-state index is 13.0. The second kappa shape index (κ2) is 7.47. The van der Waals surface area contributed by atoms with Gasteiger partial charge in [-0.3, -0.25) is 9.59 Å². The number of benzene rings is 1. The zero-order valence-corrected chi connectivity index (χ0v) is 16.8. The Balaban J connectivity index is 1.31. The summed E-state index contributed by atoms with van der Waals surface area (Å²) in [5.74, 6) is 1.89. The first-order valence-corrected chi connectivity index (χ1v) is 10.5. The number of nitrogens with one attached hydrogen (secondary N) is 3. The Morgan fingerprint density at radius 1 is 1.11 bits per heavy atom. The van der Waals surface area contributed by atoms with Crippen molar-refractivity contribution in [3.63, 3.8) is 0 Å². The maximum Gasteiger partial charge on any atom is 0.279 e. The fourth-order valence-corrected chi connectivity index (χ4v) is 6.00. The Morgan fingerprint density at radius 2 is 1.64 bits per heavy atom. The quantitative estimate of drug-likeness (QED) is 0.695. The van der Waals surface area contributed by atoms with Crippen molar-refractivity contribution in [1.82, 2.24) is 5.32 Å². The van der Waals surface area contributed by atoms with Gasteiger partial charge in [-0.2, -0.15) is 0 Å². The molecule has 0 saturated heterocycles. The summed E-state index contributed by atoms with van der Waals surface area (Å²) in [5.41, 5.74) is 0.557. The van der Waals surface area contributed by atoms with Crippen molar-refractivity contribution in [3.8, 4) is 0 Å². The van der Waals surface area contributed by atoms with Crippen molar-refractivity contribution in [2.75, 3.05) is 18.9 Å². The number of amides is 2. The molecule has 5 rings (SSSR count). The third-order valence-corrected chi connectivity index (χ3v) is 7.13. The fourth-order valence-electron chi connectivity index (χ4n) is 6.00. The van der Waals surface area contributed by atoms with Crippen LogP contribution in [0.2, 0.25) is 0 Å². The molecule has 1 aromatic carbocycles. The van der Waals surface area contributed by atoms with Crippen molar-refractivity contribution in [2.24, 2.45) is 17.8 Å². The minimum absolute atomic E-state index is 0.00323. The standard InChI is InChI=1S/C22H30FN3O2/c1-14(26(2)13-20(27)24-19-5-3-18(23)4-6-19)21(28)25-22-10-15-7-16(11-22)9-17(8-15)12-22/h3-6,14-17H,7-13H2,1-2H3,(H,24,27)(H,25,28)/p+1/t14-,15?,16?,17?,22?/m0/s1. The molecule has 0 aromatic heterocycles. The molecule has 1 unspecified atom stereocenters. The fraction of sp³-hybridized carbons (Fsp3) is 0.636. The van der Waals surface area contributed by atoms with E-state index in [1.54, 1.807) is 0 Å². The van der Waals surface area contributed by atoms with Crippen molar-refractivity contribution >= 4 is 17.5 Å². The molecule has 28 heavy (non-hydrogen) atoms. The average Bonchev–Trinajstić information content (AvgIpc) is 2.61. The van der Waals surface area contributed by atoms with E-state index < -0.39 is 0 Å². The van der Waals surface area contributed by atoms with Crippen LogP contribution >= 0.6 is 0 Å². The highest BCUT2D eigenvalue weighted by Crippen LogP contribution is 2.55. The Bertz CT molecular complexity index is 713. The van der Waals surface area contributed by atoms with Crippen LogP contribution in [0.4, 0.5) is 10.1 Å². The minimum atomic E-state index is -0.337. The van der Waals surface area contributed by atoms with Crippen LogP contribution in [0.3, 0.4) is 0 Å². The molecule has 4 aliphatic rings. The van der Waals surface area contributed by atoms with Crippen LogP contribution in [0.1, 0.15) is 45.4 Å². The van der Waals surface area contributed by atoms with Crippen molar-refractivity contribution in [1.29, 1.82) is 0 Å². The van der Waals surface area contributed by atoms with Gasteiger partial charge >= 0.3 is 0 Å². The van der Waals surface area contributed by atoms with E-state index in [-0.39, 0.29) is 35.8 Å². The van der Waals surface area contributed by atoms with Gasteiger partial charge in [0.15, 0.2) is 12.6 Å². The predicted molar refractivity (Wildman–Crippen MR) is 105 cm³/mol. The number of quaternary nitrogens is 1. The van der Waals surface area contributed by atoms with Crippen LogP contribution in [0.15, 0.2) is 24.3 Å². The second-order valence-corrected chi connectivity index (χ2v) is 9.49. The highest BCUT2D eigenvalue weighted by atomic mass is 19.1.